The van der Waals surface area contributed by atoms with E-state index < -0.39 is 0 Å². The Kier molecular flexibility index (Phi) is 5.63. The zero-order valence-corrected chi connectivity index (χ0v) is 16.6. The van der Waals surface area contributed by atoms with Crippen molar-refractivity contribution in [2.75, 3.05) is 18.4 Å². The summed E-state index contributed by atoms with van der Waals surface area (Å²) in [6, 6.07) is 7.11. The standard InChI is InChI=1S/C21H25ClN2OS/c22-16-10-8-15(9-11-16)20(25)23-21-18(14-24-12-4-1-5-13-24)17-6-2-3-7-19(17)26-21/h8-11H,1-7,12-14H2,(H,23,25). The van der Waals surface area contributed by atoms with Crippen LogP contribution in [0.4, 0.5) is 5.00 Å². The molecule has 1 aromatic heterocycles. The number of nitrogens with one attached hydrogen (secondary N) is 1. The van der Waals surface area contributed by atoms with Crippen molar-refractivity contribution in [1.82, 2.24) is 4.90 Å². The lowest BCUT2D eigenvalue weighted by Crippen LogP contribution is -2.29. The molecule has 0 atom stereocenters. The topological polar surface area (TPSA) is 32.3 Å². The van der Waals surface area contributed by atoms with E-state index in [0.29, 0.717) is 10.6 Å². The van der Waals surface area contributed by atoms with Gasteiger partial charge in [0.2, 0.25) is 0 Å². The fraction of sp³-hybridized carbons (Fsp3) is 0.476. The van der Waals surface area contributed by atoms with Crippen LogP contribution in [0.1, 0.15) is 58.5 Å². The highest BCUT2D eigenvalue weighted by Gasteiger charge is 2.24. The first kappa shape index (κ1) is 18.0. The second kappa shape index (κ2) is 8.12. The summed E-state index contributed by atoms with van der Waals surface area (Å²) in [6.45, 7) is 3.33. The molecule has 2 aromatic rings. The van der Waals surface area contributed by atoms with Crippen LogP contribution in [0.15, 0.2) is 24.3 Å². The van der Waals surface area contributed by atoms with Gasteiger partial charge in [-0.3, -0.25) is 9.69 Å². The lowest BCUT2D eigenvalue weighted by atomic mass is 9.95. The molecular weight excluding hydrogens is 364 g/mol. The lowest BCUT2D eigenvalue weighted by Gasteiger charge is -2.27. The van der Waals surface area contributed by atoms with Gasteiger partial charge in [-0.15, -0.1) is 11.3 Å². The number of carbonyl (C=O) groups is 1. The molecule has 2 aliphatic rings. The smallest absolute Gasteiger partial charge is 0.256 e. The van der Waals surface area contributed by atoms with E-state index in [9.17, 15) is 4.79 Å². The van der Waals surface area contributed by atoms with Crippen molar-refractivity contribution in [2.45, 2.75) is 51.5 Å². The third-order valence-electron chi connectivity index (χ3n) is 5.44. The molecule has 0 saturated carbocycles. The number of hydrogen-bond acceptors (Lipinski definition) is 3. The number of anilines is 1. The van der Waals surface area contributed by atoms with Crippen molar-refractivity contribution < 1.29 is 4.79 Å². The zero-order valence-electron chi connectivity index (χ0n) is 15.0. The van der Waals surface area contributed by atoms with Gasteiger partial charge in [0.25, 0.3) is 5.91 Å². The normalized spacial score (nSPS) is 17.7. The molecule has 1 aromatic carbocycles. The number of piperidine rings is 1. The van der Waals surface area contributed by atoms with Crippen LogP contribution in [0, 0.1) is 0 Å². The molecule has 1 N–H and O–H groups in total. The first-order valence-electron chi connectivity index (χ1n) is 9.63. The molecular formula is C21H25ClN2OS. The van der Waals surface area contributed by atoms with Gasteiger partial charge in [-0.05, 0) is 81.4 Å². The summed E-state index contributed by atoms with van der Waals surface area (Å²) in [6.07, 6.45) is 8.77. The monoisotopic (exact) mass is 388 g/mol. The van der Waals surface area contributed by atoms with Crippen LogP contribution in [0.3, 0.4) is 0 Å². The van der Waals surface area contributed by atoms with Gasteiger partial charge in [0.1, 0.15) is 5.00 Å². The van der Waals surface area contributed by atoms with Crippen molar-refractivity contribution >= 4 is 33.8 Å². The maximum atomic E-state index is 12.7. The number of likely N-dealkylation sites (tertiary alicyclic amines) is 1. The summed E-state index contributed by atoms with van der Waals surface area (Å²) >= 11 is 7.74. The Bertz CT molecular complexity index is 778. The number of fused-ring (bicyclic) bond motifs is 1. The number of carbonyl (C=O) groups excluding carboxylic acids is 1. The van der Waals surface area contributed by atoms with Crippen LogP contribution in [-0.2, 0) is 19.4 Å². The summed E-state index contributed by atoms with van der Waals surface area (Å²) < 4.78 is 0. The summed E-state index contributed by atoms with van der Waals surface area (Å²) in [5.41, 5.74) is 3.54. The van der Waals surface area contributed by atoms with Gasteiger partial charge in [-0.2, -0.15) is 0 Å². The molecule has 1 aliphatic carbocycles. The summed E-state index contributed by atoms with van der Waals surface area (Å²) in [5.74, 6) is -0.0415. The Morgan fingerprint density at radius 2 is 1.77 bits per heavy atom. The second-order valence-electron chi connectivity index (χ2n) is 7.32. The van der Waals surface area contributed by atoms with Gasteiger partial charge in [0, 0.05) is 27.6 Å². The number of hydrogen-bond donors (Lipinski definition) is 1. The van der Waals surface area contributed by atoms with Crippen LogP contribution >= 0.6 is 22.9 Å². The van der Waals surface area contributed by atoms with E-state index in [2.05, 4.69) is 10.2 Å². The molecule has 0 radical (unpaired) electrons. The van der Waals surface area contributed by atoms with Crippen molar-refractivity contribution in [3.63, 3.8) is 0 Å². The highest BCUT2D eigenvalue weighted by molar-refractivity contribution is 7.16. The predicted octanol–water partition coefficient (Wildman–Crippen LogP) is 5.52. The molecule has 0 unspecified atom stereocenters. The van der Waals surface area contributed by atoms with Crippen molar-refractivity contribution in [2.24, 2.45) is 0 Å². The van der Waals surface area contributed by atoms with Crippen molar-refractivity contribution in [1.29, 1.82) is 0 Å². The fourth-order valence-electron chi connectivity index (χ4n) is 4.02. The molecule has 1 fully saturated rings. The van der Waals surface area contributed by atoms with Crippen LogP contribution in [0.25, 0.3) is 0 Å². The maximum absolute atomic E-state index is 12.7. The first-order chi connectivity index (χ1) is 12.7. The number of nitrogens with zero attached hydrogens (tertiary/aromatic N) is 1. The van der Waals surface area contributed by atoms with E-state index in [1.54, 1.807) is 35.6 Å². The summed E-state index contributed by atoms with van der Waals surface area (Å²) in [5, 5.41) is 4.91. The van der Waals surface area contributed by atoms with Gasteiger partial charge in [-0.25, -0.2) is 0 Å². The van der Waals surface area contributed by atoms with Gasteiger partial charge >= 0.3 is 0 Å². The number of halogens is 1. The SMILES string of the molecule is O=C(Nc1sc2c(c1CN1CCCCC1)CCCC2)c1ccc(Cl)cc1. The maximum Gasteiger partial charge on any atom is 0.256 e. The van der Waals surface area contributed by atoms with Crippen LogP contribution in [-0.4, -0.2) is 23.9 Å². The Morgan fingerprint density at radius 3 is 2.54 bits per heavy atom. The quantitative estimate of drug-likeness (QED) is 0.747. The van der Waals surface area contributed by atoms with E-state index in [4.69, 9.17) is 11.6 Å². The lowest BCUT2D eigenvalue weighted by molar-refractivity contribution is 0.102. The van der Waals surface area contributed by atoms with Crippen LogP contribution < -0.4 is 5.32 Å². The van der Waals surface area contributed by atoms with Gasteiger partial charge in [-0.1, -0.05) is 18.0 Å². The van der Waals surface area contributed by atoms with E-state index >= 15 is 0 Å². The predicted molar refractivity (Wildman–Crippen MR) is 109 cm³/mol. The van der Waals surface area contributed by atoms with Gasteiger partial charge in [0.15, 0.2) is 0 Å². The number of amides is 1. The molecule has 2 heterocycles. The average Bonchev–Trinajstić information content (AvgIpc) is 3.00. The second-order valence-corrected chi connectivity index (χ2v) is 8.86. The highest BCUT2D eigenvalue weighted by atomic mass is 35.5. The molecule has 5 heteroatoms. The molecule has 0 spiro atoms. The Balaban J connectivity index is 1.58. The number of rotatable bonds is 4. The molecule has 138 valence electrons. The fourth-order valence-corrected chi connectivity index (χ4v) is 5.44. The summed E-state index contributed by atoms with van der Waals surface area (Å²) in [7, 11) is 0. The zero-order chi connectivity index (χ0) is 17.9. The van der Waals surface area contributed by atoms with Crippen molar-refractivity contribution in [3.05, 3.63) is 50.9 Å². The van der Waals surface area contributed by atoms with Crippen LogP contribution in [0.5, 0.6) is 0 Å². The largest absolute Gasteiger partial charge is 0.313 e. The molecule has 1 amide bonds. The third kappa shape index (κ3) is 3.98. The minimum Gasteiger partial charge on any atom is -0.313 e. The van der Waals surface area contributed by atoms with E-state index in [1.165, 1.54) is 61.2 Å². The summed E-state index contributed by atoms with van der Waals surface area (Å²) in [4.78, 5) is 16.8. The number of thiophene rings is 1. The van der Waals surface area contributed by atoms with Crippen molar-refractivity contribution in [3.8, 4) is 0 Å². The first-order valence-corrected chi connectivity index (χ1v) is 10.8. The Labute approximate surface area is 164 Å². The molecule has 26 heavy (non-hydrogen) atoms. The Morgan fingerprint density at radius 1 is 1.04 bits per heavy atom. The van der Waals surface area contributed by atoms with E-state index in [0.717, 1.165) is 24.4 Å². The van der Waals surface area contributed by atoms with Gasteiger partial charge < -0.3 is 5.32 Å². The molecule has 4 rings (SSSR count). The third-order valence-corrected chi connectivity index (χ3v) is 6.95. The van der Waals surface area contributed by atoms with Crippen LogP contribution in [0.2, 0.25) is 5.02 Å². The van der Waals surface area contributed by atoms with Gasteiger partial charge in [0.05, 0.1) is 0 Å². The highest BCUT2D eigenvalue weighted by Crippen LogP contribution is 2.39. The molecule has 1 saturated heterocycles. The minimum atomic E-state index is -0.0415. The number of benzene rings is 1. The molecule has 0 bridgehead atoms. The minimum absolute atomic E-state index is 0.0415. The molecule has 1 aliphatic heterocycles. The Hall–Kier alpha value is -1.36. The average molecular weight is 389 g/mol. The molecule has 3 nitrogen and oxygen atoms in total. The van der Waals surface area contributed by atoms with E-state index in [-0.39, 0.29) is 5.91 Å². The number of aryl methyl sites for hydroxylation is 1. The van der Waals surface area contributed by atoms with E-state index in [1.807, 2.05) is 0 Å².